The van der Waals surface area contributed by atoms with Crippen LogP contribution in [0.25, 0.3) is 11.2 Å². The summed E-state index contributed by atoms with van der Waals surface area (Å²) >= 11 is 0. The molecule has 1 fully saturated rings. The van der Waals surface area contributed by atoms with Crippen LogP contribution in [-0.2, 0) is 16.1 Å². The molecule has 1 saturated heterocycles. The van der Waals surface area contributed by atoms with Crippen LogP contribution in [0, 0.1) is 12.7 Å². The number of ether oxygens (including phenoxy) is 2. The first-order chi connectivity index (χ1) is 13.1. The van der Waals surface area contributed by atoms with Gasteiger partial charge in [-0.25, -0.2) is 24.1 Å². The lowest BCUT2D eigenvalue weighted by atomic mass is 10.2. The van der Waals surface area contributed by atoms with E-state index in [1.165, 1.54) is 17.3 Å². The van der Waals surface area contributed by atoms with Gasteiger partial charge in [-0.1, -0.05) is 18.2 Å². The Hall–Kier alpha value is -3.07. The van der Waals surface area contributed by atoms with Crippen LogP contribution in [0.5, 0.6) is 0 Å². The van der Waals surface area contributed by atoms with Gasteiger partial charge in [-0.15, -0.1) is 0 Å². The summed E-state index contributed by atoms with van der Waals surface area (Å²) in [5.41, 5.74) is 2.40. The van der Waals surface area contributed by atoms with Gasteiger partial charge in [-0.3, -0.25) is 0 Å². The lowest BCUT2D eigenvalue weighted by Gasteiger charge is -2.31. The Morgan fingerprint density at radius 2 is 2.26 bits per heavy atom. The average molecular weight is 371 g/mol. The SMILES string of the molecule is Cc1ncnc2[nH]c([C@@H]3CN(C(=O)OCc4ccccc4F)CCO3)nc12. The Labute approximate surface area is 154 Å². The van der Waals surface area contributed by atoms with Crippen molar-refractivity contribution < 1.29 is 18.7 Å². The number of nitrogens with one attached hydrogen (secondary N) is 1. The van der Waals surface area contributed by atoms with E-state index in [2.05, 4.69) is 19.9 Å². The molecule has 0 spiro atoms. The number of carbonyl (C=O) groups excluding carboxylic acids is 1. The number of benzene rings is 1. The van der Waals surface area contributed by atoms with Crippen LogP contribution in [0.15, 0.2) is 30.6 Å². The molecule has 27 heavy (non-hydrogen) atoms. The fraction of sp³-hybridized carbons (Fsp3) is 0.333. The Morgan fingerprint density at radius 3 is 3.07 bits per heavy atom. The average Bonchev–Trinajstić information content (AvgIpc) is 3.13. The molecule has 140 valence electrons. The van der Waals surface area contributed by atoms with E-state index in [1.807, 2.05) is 6.92 Å². The minimum absolute atomic E-state index is 0.118. The maximum atomic E-state index is 13.7. The van der Waals surface area contributed by atoms with Gasteiger partial charge in [0.2, 0.25) is 0 Å². The zero-order valence-corrected chi connectivity index (χ0v) is 14.7. The van der Waals surface area contributed by atoms with Crippen molar-refractivity contribution in [3.8, 4) is 0 Å². The summed E-state index contributed by atoms with van der Waals surface area (Å²) in [6.45, 7) is 2.75. The first-order valence-electron chi connectivity index (χ1n) is 8.55. The summed E-state index contributed by atoms with van der Waals surface area (Å²) < 4.78 is 24.6. The highest BCUT2D eigenvalue weighted by Gasteiger charge is 2.29. The molecule has 0 aliphatic carbocycles. The number of halogens is 1. The van der Waals surface area contributed by atoms with Gasteiger partial charge >= 0.3 is 6.09 Å². The van der Waals surface area contributed by atoms with Crippen LogP contribution in [0.1, 0.15) is 23.2 Å². The number of H-pyrrole nitrogens is 1. The molecule has 1 atom stereocenters. The number of morpholine rings is 1. The number of amides is 1. The van der Waals surface area contributed by atoms with Gasteiger partial charge in [0, 0.05) is 12.1 Å². The highest BCUT2D eigenvalue weighted by molar-refractivity contribution is 5.72. The van der Waals surface area contributed by atoms with Crippen molar-refractivity contribution in [2.24, 2.45) is 0 Å². The van der Waals surface area contributed by atoms with E-state index in [4.69, 9.17) is 9.47 Å². The molecule has 0 saturated carbocycles. The lowest BCUT2D eigenvalue weighted by molar-refractivity contribution is -0.0330. The number of fused-ring (bicyclic) bond motifs is 1. The number of imidazole rings is 1. The van der Waals surface area contributed by atoms with Gasteiger partial charge in [0.25, 0.3) is 0 Å². The molecular formula is C18H18FN5O3. The van der Waals surface area contributed by atoms with Crippen LogP contribution in [-0.4, -0.2) is 50.6 Å². The van der Waals surface area contributed by atoms with E-state index in [1.54, 1.807) is 18.2 Å². The normalized spacial score (nSPS) is 17.3. The van der Waals surface area contributed by atoms with Gasteiger partial charge in [0.15, 0.2) is 5.65 Å². The van der Waals surface area contributed by atoms with Crippen LogP contribution >= 0.6 is 0 Å². The van der Waals surface area contributed by atoms with Gasteiger partial charge in [-0.2, -0.15) is 0 Å². The number of hydrogen-bond acceptors (Lipinski definition) is 6. The fourth-order valence-electron chi connectivity index (χ4n) is 2.94. The number of hydrogen-bond donors (Lipinski definition) is 1. The molecular weight excluding hydrogens is 353 g/mol. The molecule has 3 aromatic rings. The van der Waals surface area contributed by atoms with Crippen LogP contribution < -0.4 is 0 Å². The van der Waals surface area contributed by atoms with Crippen molar-refractivity contribution in [2.75, 3.05) is 19.7 Å². The Kier molecular flexibility index (Phi) is 4.68. The Bertz CT molecular complexity index is 977. The second-order valence-electron chi connectivity index (χ2n) is 6.23. The molecule has 1 aliphatic heterocycles. The molecule has 1 amide bonds. The second-order valence-corrected chi connectivity index (χ2v) is 6.23. The molecule has 4 rings (SSSR count). The maximum absolute atomic E-state index is 13.7. The molecule has 0 unspecified atom stereocenters. The molecule has 1 N–H and O–H groups in total. The predicted octanol–water partition coefficient (Wildman–Crippen LogP) is 2.51. The number of aryl methyl sites for hydroxylation is 1. The van der Waals surface area contributed by atoms with Crippen LogP contribution in [0.4, 0.5) is 9.18 Å². The first kappa shape index (κ1) is 17.3. The number of nitrogens with zero attached hydrogens (tertiary/aromatic N) is 4. The number of carbonyl (C=O) groups is 1. The molecule has 0 bridgehead atoms. The van der Waals surface area contributed by atoms with E-state index in [0.29, 0.717) is 35.7 Å². The fourth-order valence-corrected chi connectivity index (χ4v) is 2.94. The van der Waals surface area contributed by atoms with E-state index in [0.717, 1.165) is 5.69 Å². The molecule has 1 aromatic carbocycles. The van der Waals surface area contributed by atoms with E-state index in [9.17, 15) is 9.18 Å². The van der Waals surface area contributed by atoms with Crippen molar-refractivity contribution >= 4 is 17.3 Å². The third-order valence-electron chi connectivity index (χ3n) is 4.42. The van der Waals surface area contributed by atoms with E-state index in [-0.39, 0.29) is 13.2 Å². The first-order valence-corrected chi connectivity index (χ1v) is 8.55. The quantitative estimate of drug-likeness (QED) is 0.760. The van der Waals surface area contributed by atoms with E-state index < -0.39 is 18.0 Å². The zero-order chi connectivity index (χ0) is 18.8. The second kappa shape index (κ2) is 7.28. The predicted molar refractivity (Wildman–Crippen MR) is 93.3 cm³/mol. The van der Waals surface area contributed by atoms with Crippen molar-refractivity contribution in [2.45, 2.75) is 19.6 Å². The summed E-state index contributed by atoms with van der Waals surface area (Å²) in [5.74, 6) is 0.184. The molecule has 3 heterocycles. The largest absolute Gasteiger partial charge is 0.444 e. The van der Waals surface area contributed by atoms with Crippen LogP contribution in [0.3, 0.4) is 0 Å². The lowest BCUT2D eigenvalue weighted by Crippen LogP contribution is -2.42. The highest BCUT2D eigenvalue weighted by Crippen LogP contribution is 2.23. The van der Waals surface area contributed by atoms with Crippen molar-refractivity contribution in [3.05, 3.63) is 53.5 Å². The smallest absolute Gasteiger partial charge is 0.410 e. The number of aromatic nitrogens is 4. The zero-order valence-electron chi connectivity index (χ0n) is 14.7. The van der Waals surface area contributed by atoms with Gasteiger partial charge in [0.05, 0.1) is 18.8 Å². The minimum atomic E-state index is -0.515. The summed E-state index contributed by atoms with van der Waals surface area (Å²) in [5, 5.41) is 0. The van der Waals surface area contributed by atoms with Gasteiger partial charge in [-0.05, 0) is 13.0 Å². The Balaban J connectivity index is 1.43. The molecule has 0 radical (unpaired) electrons. The minimum Gasteiger partial charge on any atom is -0.444 e. The highest BCUT2D eigenvalue weighted by atomic mass is 19.1. The molecule has 1 aliphatic rings. The molecule has 2 aromatic heterocycles. The third kappa shape index (κ3) is 3.59. The van der Waals surface area contributed by atoms with Gasteiger partial charge in [0.1, 0.15) is 36.2 Å². The third-order valence-corrected chi connectivity index (χ3v) is 4.42. The van der Waals surface area contributed by atoms with Crippen molar-refractivity contribution in [3.63, 3.8) is 0 Å². The summed E-state index contributed by atoms with van der Waals surface area (Å²) in [4.78, 5) is 29.8. The maximum Gasteiger partial charge on any atom is 0.410 e. The summed E-state index contributed by atoms with van der Waals surface area (Å²) in [6, 6.07) is 6.21. The molecule has 8 nitrogen and oxygen atoms in total. The number of rotatable bonds is 3. The van der Waals surface area contributed by atoms with Crippen LogP contribution in [0.2, 0.25) is 0 Å². The number of aromatic amines is 1. The van der Waals surface area contributed by atoms with Gasteiger partial charge < -0.3 is 19.4 Å². The standard InChI is InChI=1S/C18H18FN5O3/c1-11-15-17(21-10-20-11)23-16(22-15)14-8-24(6-7-26-14)18(25)27-9-12-4-2-3-5-13(12)19/h2-5,10,14H,6-9H2,1H3,(H,20,21,22,23)/t14-/m0/s1. The summed E-state index contributed by atoms with van der Waals surface area (Å²) in [7, 11) is 0. The summed E-state index contributed by atoms with van der Waals surface area (Å²) in [6.07, 6.45) is 0.528. The van der Waals surface area contributed by atoms with Crippen molar-refractivity contribution in [1.29, 1.82) is 0 Å². The monoisotopic (exact) mass is 371 g/mol. The molecule has 9 heteroatoms. The Morgan fingerprint density at radius 1 is 1.41 bits per heavy atom. The van der Waals surface area contributed by atoms with E-state index >= 15 is 0 Å². The van der Waals surface area contributed by atoms with Crippen molar-refractivity contribution in [1.82, 2.24) is 24.8 Å². The topological polar surface area (TPSA) is 93.2 Å².